The summed E-state index contributed by atoms with van der Waals surface area (Å²) in [7, 11) is 0. The summed E-state index contributed by atoms with van der Waals surface area (Å²) in [5.41, 5.74) is 8.32. The van der Waals surface area contributed by atoms with Crippen molar-refractivity contribution >= 4 is 30.7 Å². The number of nitrogens with one attached hydrogen (secondary N) is 1. The third-order valence-electron chi connectivity index (χ3n) is 6.11. The Balaban J connectivity index is 0.00000182. The van der Waals surface area contributed by atoms with Crippen molar-refractivity contribution in [3.05, 3.63) is 35.4 Å². The minimum atomic E-state index is 0. The summed E-state index contributed by atoms with van der Waals surface area (Å²) in [5, 5.41) is 3.11. The molecule has 2 fully saturated rings. The summed E-state index contributed by atoms with van der Waals surface area (Å²) in [6.45, 7) is 5.83. The van der Waals surface area contributed by atoms with Gasteiger partial charge in [-0.2, -0.15) is 0 Å². The molecule has 154 valence electrons. The van der Waals surface area contributed by atoms with Gasteiger partial charge in [0.25, 0.3) is 0 Å². The largest absolute Gasteiger partial charge is 0.352 e. The van der Waals surface area contributed by atoms with Crippen LogP contribution in [-0.4, -0.2) is 29.9 Å². The quantitative estimate of drug-likeness (QED) is 0.740. The Labute approximate surface area is 176 Å². The molecule has 1 aliphatic heterocycles. The molecule has 3 atom stereocenters. The lowest BCUT2D eigenvalue weighted by molar-refractivity contribution is -0.126. The van der Waals surface area contributed by atoms with Crippen molar-refractivity contribution in [3.63, 3.8) is 0 Å². The molecule has 1 aromatic carbocycles. The Kier molecular flexibility index (Phi) is 10.7. The summed E-state index contributed by atoms with van der Waals surface area (Å²) >= 11 is 0. The van der Waals surface area contributed by atoms with Gasteiger partial charge in [-0.25, -0.2) is 0 Å². The van der Waals surface area contributed by atoms with Crippen LogP contribution in [0.25, 0.3) is 0 Å². The van der Waals surface area contributed by atoms with Crippen LogP contribution in [-0.2, 0) is 17.9 Å². The van der Waals surface area contributed by atoms with Gasteiger partial charge in [-0.05, 0) is 62.7 Å². The monoisotopic (exact) mass is 415 g/mol. The van der Waals surface area contributed by atoms with Gasteiger partial charge in [-0.3, -0.25) is 9.69 Å². The average Bonchev–Trinajstić information content (AvgIpc) is 3.12. The fourth-order valence-corrected chi connectivity index (χ4v) is 4.37. The number of nitrogens with two attached hydrogens (primary N) is 1. The first-order chi connectivity index (χ1) is 12.2. The highest BCUT2D eigenvalue weighted by molar-refractivity contribution is 5.85. The molecule has 1 heterocycles. The van der Waals surface area contributed by atoms with Gasteiger partial charge in [0.05, 0.1) is 0 Å². The molecular formula is C21H35Cl2N3O. The molecule has 1 amide bonds. The van der Waals surface area contributed by atoms with Gasteiger partial charge in [0, 0.05) is 25.0 Å². The Bertz CT molecular complexity index is 567. The first-order valence-corrected chi connectivity index (χ1v) is 9.97. The molecule has 1 saturated heterocycles. The van der Waals surface area contributed by atoms with Crippen LogP contribution >= 0.6 is 24.8 Å². The Morgan fingerprint density at radius 2 is 1.78 bits per heavy atom. The first kappa shape index (κ1) is 24.2. The van der Waals surface area contributed by atoms with Gasteiger partial charge in [-0.15, -0.1) is 24.8 Å². The molecule has 0 spiro atoms. The van der Waals surface area contributed by atoms with Crippen LogP contribution in [0.5, 0.6) is 0 Å². The lowest BCUT2D eigenvalue weighted by Crippen LogP contribution is -2.36. The second kappa shape index (κ2) is 11.9. The molecule has 1 saturated carbocycles. The molecule has 1 aliphatic carbocycles. The molecule has 3 N–H and O–H groups in total. The van der Waals surface area contributed by atoms with E-state index in [0.717, 1.165) is 25.8 Å². The van der Waals surface area contributed by atoms with Crippen LogP contribution in [0.2, 0.25) is 0 Å². The summed E-state index contributed by atoms with van der Waals surface area (Å²) in [5.74, 6) is 0.665. The Hall–Kier alpha value is -0.810. The SMILES string of the molecule is CC1CCCCN1Cc1ccc(CNC(=O)[C@@H]2CCC[C@@H]2CN)cc1.Cl.Cl. The molecule has 0 bridgehead atoms. The van der Waals surface area contributed by atoms with E-state index >= 15 is 0 Å². The molecule has 6 heteroatoms. The minimum absolute atomic E-state index is 0. The van der Waals surface area contributed by atoms with E-state index in [-0.39, 0.29) is 36.6 Å². The van der Waals surface area contributed by atoms with Crippen molar-refractivity contribution in [1.82, 2.24) is 10.2 Å². The zero-order valence-corrected chi connectivity index (χ0v) is 18.0. The van der Waals surface area contributed by atoms with Gasteiger partial charge >= 0.3 is 0 Å². The number of hydrogen-bond acceptors (Lipinski definition) is 3. The molecular weight excluding hydrogens is 381 g/mol. The number of piperidine rings is 1. The molecule has 27 heavy (non-hydrogen) atoms. The van der Waals surface area contributed by atoms with E-state index in [9.17, 15) is 4.79 Å². The second-order valence-electron chi connectivity index (χ2n) is 7.88. The Morgan fingerprint density at radius 1 is 1.07 bits per heavy atom. The van der Waals surface area contributed by atoms with Gasteiger partial charge < -0.3 is 11.1 Å². The van der Waals surface area contributed by atoms with Gasteiger partial charge in [-0.1, -0.05) is 37.1 Å². The van der Waals surface area contributed by atoms with Crippen LogP contribution in [0.3, 0.4) is 0 Å². The van der Waals surface area contributed by atoms with Crippen molar-refractivity contribution in [2.24, 2.45) is 17.6 Å². The third-order valence-corrected chi connectivity index (χ3v) is 6.11. The van der Waals surface area contributed by atoms with Crippen LogP contribution < -0.4 is 11.1 Å². The highest BCUT2D eigenvalue weighted by atomic mass is 35.5. The number of benzene rings is 1. The number of carbonyl (C=O) groups excluding carboxylic acids is 1. The fraction of sp³-hybridized carbons (Fsp3) is 0.667. The van der Waals surface area contributed by atoms with Crippen molar-refractivity contribution < 1.29 is 4.79 Å². The summed E-state index contributed by atoms with van der Waals surface area (Å²) < 4.78 is 0. The molecule has 3 rings (SSSR count). The number of nitrogens with zero attached hydrogens (tertiary/aromatic N) is 1. The number of halogens is 2. The van der Waals surface area contributed by atoms with Crippen molar-refractivity contribution in [1.29, 1.82) is 0 Å². The van der Waals surface area contributed by atoms with E-state index in [0.29, 0.717) is 25.0 Å². The third kappa shape index (κ3) is 6.63. The maximum absolute atomic E-state index is 12.4. The minimum Gasteiger partial charge on any atom is -0.352 e. The number of rotatable bonds is 6. The fourth-order valence-electron chi connectivity index (χ4n) is 4.37. The predicted molar refractivity (Wildman–Crippen MR) is 116 cm³/mol. The van der Waals surface area contributed by atoms with E-state index < -0.39 is 0 Å². The normalized spacial score (nSPS) is 25.3. The smallest absolute Gasteiger partial charge is 0.223 e. The maximum atomic E-state index is 12.4. The van der Waals surface area contributed by atoms with Crippen molar-refractivity contribution in [2.45, 2.75) is 64.6 Å². The highest BCUT2D eigenvalue weighted by Crippen LogP contribution is 2.31. The van der Waals surface area contributed by atoms with Gasteiger partial charge in [0.15, 0.2) is 0 Å². The van der Waals surface area contributed by atoms with Gasteiger partial charge in [0.2, 0.25) is 5.91 Å². The lowest BCUT2D eigenvalue weighted by Gasteiger charge is -2.33. The molecule has 1 aromatic rings. The van der Waals surface area contributed by atoms with Crippen molar-refractivity contribution in [2.75, 3.05) is 13.1 Å². The van der Waals surface area contributed by atoms with E-state index in [1.165, 1.54) is 36.9 Å². The molecule has 2 aliphatic rings. The second-order valence-corrected chi connectivity index (χ2v) is 7.88. The van der Waals surface area contributed by atoms with Crippen LogP contribution in [0.1, 0.15) is 56.6 Å². The van der Waals surface area contributed by atoms with Crippen molar-refractivity contribution in [3.8, 4) is 0 Å². The summed E-state index contributed by atoms with van der Waals surface area (Å²) in [6.07, 6.45) is 7.21. The summed E-state index contributed by atoms with van der Waals surface area (Å²) in [6, 6.07) is 9.41. The van der Waals surface area contributed by atoms with E-state index in [4.69, 9.17) is 5.73 Å². The van der Waals surface area contributed by atoms with E-state index in [1.54, 1.807) is 0 Å². The number of amides is 1. The maximum Gasteiger partial charge on any atom is 0.223 e. The number of likely N-dealkylation sites (tertiary alicyclic amines) is 1. The Morgan fingerprint density at radius 3 is 2.44 bits per heavy atom. The summed E-state index contributed by atoms with van der Waals surface area (Å²) in [4.78, 5) is 15.0. The van der Waals surface area contributed by atoms with E-state index in [2.05, 4.69) is 41.4 Å². The number of carbonyl (C=O) groups is 1. The molecule has 0 radical (unpaired) electrons. The van der Waals surface area contributed by atoms with E-state index in [1.807, 2.05) is 0 Å². The standard InChI is InChI=1S/C21H33N3O.2ClH/c1-16-5-2-3-12-24(16)15-18-10-8-17(9-11-18)14-23-21(25)20-7-4-6-19(20)13-22;;/h8-11,16,19-20H,2-7,12-15,22H2,1H3,(H,23,25);2*1H/t16?,19-,20-;;/m1../s1. The number of hydrogen-bond donors (Lipinski definition) is 2. The zero-order valence-electron chi connectivity index (χ0n) is 16.4. The molecule has 4 nitrogen and oxygen atoms in total. The first-order valence-electron chi connectivity index (χ1n) is 9.97. The van der Waals surface area contributed by atoms with Crippen LogP contribution in [0, 0.1) is 11.8 Å². The average molecular weight is 416 g/mol. The van der Waals surface area contributed by atoms with Gasteiger partial charge in [0.1, 0.15) is 0 Å². The molecule has 1 unspecified atom stereocenters. The van der Waals surface area contributed by atoms with Crippen LogP contribution in [0.4, 0.5) is 0 Å². The highest BCUT2D eigenvalue weighted by Gasteiger charge is 2.31. The predicted octanol–water partition coefficient (Wildman–Crippen LogP) is 3.90. The topological polar surface area (TPSA) is 58.4 Å². The lowest BCUT2D eigenvalue weighted by atomic mass is 9.95. The zero-order chi connectivity index (χ0) is 17.6. The van der Waals surface area contributed by atoms with Crippen LogP contribution in [0.15, 0.2) is 24.3 Å². The molecule has 0 aromatic heterocycles.